The van der Waals surface area contributed by atoms with Crippen LogP contribution in [-0.2, 0) is 6.54 Å². The Kier molecular flexibility index (Phi) is 5.65. The van der Waals surface area contributed by atoms with Crippen molar-refractivity contribution in [2.24, 2.45) is 0 Å². The van der Waals surface area contributed by atoms with Gasteiger partial charge in [0.25, 0.3) is 5.91 Å². The third-order valence-electron chi connectivity index (χ3n) is 2.84. The lowest BCUT2D eigenvalue weighted by Gasteiger charge is -2.08. The van der Waals surface area contributed by atoms with Crippen LogP contribution in [0.25, 0.3) is 0 Å². The van der Waals surface area contributed by atoms with Gasteiger partial charge in [-0.2, -0.15) is 0 Å². The molecule has 0 aliphatic heterocycles. The normalized spacial score (nSPS) is 10.2. The molecule has 2 aromatic rings. The Hall–Kier alpha value is -1.52. The molecule has 0 aliphatic carbocycles. The predicted octanol–water partition coefficient (Wildman–Crippen LogP) is 4.43. The van der Waals surface area contributed by atoms with Gasteiger partial charge in [-0.25, -0.2) is 0 Å². The van der Waals surface area contributed by atoms with Gasteiger partial charge in [0.1, 0.15) is 5.75 Å². The molecule has 0 radical (unpaired) electrons. The van der Waals surface area contributed by atoms with Gasteiger partial charge < -0.3 is 10.1 Å². The van der Waals surface area contributed by atoms with Gasteiger partial charge in [-0.15, -0.1) is 0 Å². The fourth-order valence-corrected chi connectivity index (χ4v) is 2.26. The first-order valence-electron chi connectivity index (χ1n) is 6.55. The van der Waals surface area contributed by atoms with E-state index >= 15 is 0 Å². The van der Waals surface area contributed by atoms with E-state index in [1.807, 2.05) is 31.2 Å². The number of hydrogen-bond acceptors (Lipinski definition) is 2. The molecule has 110 valence electrons. The summed E-state index contributed by atoms with van der Waals surface area (Å²) in [6, 6.07) is 12.8. The average molecular weight is 369 g/mol. The van der Waals surface area contributed by atoms with Gasteiger partial charge in [0.05, 0.1) is 11.6 Å². The summed E-state index contributed by atoms with van der Waals surface area (Å²) in [6.07, 6.45) is 0. The number of nitrogens with one attached hydrogen (secondary N) is 1. The molecule has 2 rings (SSSR count). The molecule has 2 aromatic carbocycles. The Bertz CT molecular complexity index is 646. The van der Waals surface area contributed by atoms with E-state index in [4.69, 9.17) is 16.3 Å². The van der Waals surface area contributed by atoms with E-state index in [9.17, 15) is 4.79 Å². The fourth-order valence-electron chi connectivity index (χ4n) is 1.83. The second kappa shape index (κ2) is 7.48. The van der Waals surface area contributed by atoms with Crippen LogP contribution in [0.3, 0.4) is 0 Å². The van der Waals surface area contributed by atoms with Crippen LogP contribution in [0.4, 0.5) is 0 Å². The number of benzene rings is 2. The van der Waals surface area contributed by atoms with Crippen molar-refractivity contribution in [3.8, 4) is 5.75 Å². The van der Waals surface area contributed by atoms with Crippen LogP contribution in [0.5, 0.6) is 5.75 Å². The van der Waals surface area contributed by atoms with Gasteiger partial charge >= 0.3 is 0 Å². The molecule has 0 aromatic heterocycles. The van der Waals surface area contributed by atoms with E-state index in [-0.39, 0.29) is 5.91 Å². The summed E-state index contributed by atoms with van der Waals surface area (Å²) in [5.41, 5.74) is 1.52. The monoisotopic (exact) mass is 367 g/mol. The molecule has 0 saturated carbocycles. The molecule has 1 N–H and O–H groups in total. The van der Waals surface area contributed by atoms with Gasteiger partial charge in [0.2, 0.25) is 0 Å². The quantitative estimate of drug-likeness (QED) is 0.848. The van der Waals surface area contributed by atoms with E-state index in [1.165, 1.54) is 0 Å². The minimum atomic E-state index is -0.161. The first-order valence-corrected chi connectivity index (χ1v) is 7.72. The second-order valence-electron chi connectivity index (χ2n) is 4.39. The lowest BCUT2D eigenvalue weighted by atomic mass is 10.2. The highest BCUT2D eigenvalue weighted by Crippen LogP contribution is 2.23. The molecule has 0 bridgehead atoms. The van der Waals surface area contributed by atoms with E-state index in [0.717, 1.165) is 15.8 Å². The lowest BCUT2D eigenvalue weighted by Crippen LogP contribution is -2.22. The van der Waals surface area contributed by atoms with Crippen molar-refractivity contribution in [3.05, 3.63) is 63.1 Å². The molecule has 0 unspecified atom stereocenters. The van der Waals surface area contributed by atoms with Crippen molar-refractivity contribution in [2.75, 3.05) is 6.61 Å². The van der Waals surface area contributed by atoms with Gasteiger partial charge in [0.15, 0.2) is 0 Å². The molecule has 0 fully saturated rings. The standard InChI is InChI=1S/C16H15BrClNO2/c1-2-21-13-5-3-4-11(8-13)10-19-16(20)12-6-7-14(17)15(18)9-12/h3-9H,2,10H2,1H3,(H,19,20). The molecular formula is C16H15BrClNO2. The van der Waals surface area contributed by atoms with Crippen molar-refractivity contribution >= 4 is 33.4 Å². The fraction of sp³-hybridized carbons (Fsp3) is 0.188. The zero-order valence-electron chi connectivity index (χ0n) is 11.5. The van der Waals surface area contributed by atoms with E-state index < -0.39 is 0 Å². The van der Waals surface area contributed by atoms with Crippen LogP contribution >= 0.6 is 27.5 Å². The number of halogens is 2. The maximum Gasteiger partial charge on any atom is 0.251 e. The van der Waals surface area contributed by atoms with Gasteiger partial charge in [-0.1, -0.05) is 23.7 Å². The number of ether oxygens (including phenoxy) is 1. The van der Waals surface area contributed by atoms with Gasteiger partial charge in [0, 0.05) is 16.6 Å². The van der Waals surface area contributed by atoms with Crippen LogP contribution in [-0.4, -0.2) is 12.5 Å². The molecule has 3 nitrogen and oxygen atoms in total. The average Bonchev–Trinajstić information content (AvgIpc) is 2.48. The maximum absolute atomic E-state index is 12.1. The molecule has 0 spiro atoms. The summed E-state index contributed by atoms with van der Waals surface area (Å²) in [6.45, 7) is 2.99. The number of carbonyl (C=O) groups is 1. The molecule has 0 saturated heterocycles. The molecule has 0 atom stereocenters. The lowest BCUT2D eigenvalue weighted by molar-refractivity contribution is 0.0951. The topological polar surface area (TPSA) is 38.3 Å². The second-order valence-corrected chi connectivity index (χ2v) is 5.65. The highest BCUT2D eigenvalue weighted by molar-refractivity contribution is 9.10. The van der Waals surface area contributed by atoms with Crippen LogP contribution in [0.15, 0.2) is 46.9 Å². The van der Waals surface area contributed by atoms with Crippen molar-refractivity contribution in [2.45, 2.75) is 13.5 Å². The van der Waals surface area contributed by atoms with Crippen LogP contribution < -0.4 is 10.1 Å². The first kappa shape index (κ1) is 15.9. The molecule has 1 amide bonds. The van der Waals surface area contributed by atoms with Crippen LogP contribution in [0.2, 0.25) is 5.02 Å². The summed E-state index contributed by atoms with van der Waals surface area (Å²) in [4.78, 5) is 12.1. The van der Waals surface area contributed by atoms with E-state index in [1.54, 1.807) is 18.2 Å². The predicted molar refractivity (Wildman–Crippen MR) is 87.9 cm³/mol. The number of amides is 1. The Morgan fingerprint density at radius 2 is 2.10 bits per heavy atom. The number of carbonyl (C=O) groups excluding carboxylic acids is 1. The van der Waals surface area contributed by atoms with Crippen LogP contribution in [0.1, 0.15) is 22.8 Å². The Labute approximate surface area is 137 Å². The largest absolute Gasteiger partial charge is 0.494 e. The summed E-state index contributed by atoms with van der Waals surface area (Å²) in [5.74, 6) is 0.641. The number of hydrogen-bond donors (Lipinski definition) is 1. The zero-order valence-corrected chi connectivity index (χ0v) is 13.9. The summed E-state index contributed by atoms with van der Waals surface area (Å²) >= 11 is 9.29. The number of rotatable bonds is 5. The highest BCUT2D eigenvalue weighted by Gasteiger charge is 2.07. The van der Waals surface area contributed by atoms with Crippen molar-refractivity contribution in [3.63, 3.8) is 0 Å². The Morgan fingerprint density at radius 1 is 1.29 bits per heavy atom. The molecule has 21 heavy (non-hydrogen) atoms. The van der Waals surface area contributed by atoms with Crippen molar-refractivity contribution < 1.29 is 9.53 Å². The van der Waals surface area contributed by atoms with E-state index in [2.05, 4.69) is 21.2 Å². The minimum Gasteiger partial charge on any atom is -0.494 e. The Morgan fingerprint density at radius 3 is 2.81 bits per heavy atom. The van der Waals surface area contributed by atoms with Crippen molar-refractivity contribution in [1.29, 1.82) is 0 Å². The zero-order chi connectivity index (χ0) is 15.2. The van der Waals surface area contributed by atoms with Gasteiger partial charge in [-0.3, -0.25) is 4.79 Å². The molecule has 5 heteroatoms. The summed E-state index contributed by atoms with van der Waals surface area (Å²) in [5, 5.41) is 3.38. The molecule has 0 aliphatic rings. The molecular weight excluding hydrogens is 354 g/mol. The SMILES string of the molecule is CCOc1cccc(CNC(=O)c2ccc(Br)c(Cl)c2)c1. The summed E-state index contributed by atoms with van der Waals surface area (Å²) in [7, 11) is 0. The summed E-state index contributed by atoms with van der Waals surface area (Å²) < 4.78 is 6.20. The third-order valence-corrected chi connectivity index (χ3v) is 4.08. The van der Waals surface area contributed by atoms with E-state index in [0.29, 0.717) is 23.7 Å². The minimum absolute atomic E-state index is 0.161. The third kappa shape index (κ3) is 4.48. The molecule has 0 heterocycles. The first-order chi connectivity index (χ1) is 10.1. The smallest absolute Gasteiger partial charge is 0.251 e. The highest BCUT2D eigenvalue weighted by atomic mass is 79.9. The maximum atomic E-state index is 12.1. The van der Waals surface area contributed by atoms with Crippen LogP contribution in [0, 0.1) is 0 Å². The Balaban J connectivity index is 2.00. The van der Waals surface area contributed by atoms with Gasteiger partial charge in [-0.05, 0) is 58.7 Å². The van der Waals surface area contributed by atoms with Crippen molar-refractivity contribution in [1.82, 2.24) is 5.32 Å².